The van der Waals surface area contributed by atoms with Crippen LogP contribution >= 0.6 is 11.6 Å². The molecule has 0 spiro atoms. The Hall–Kier alpha value is -4.09. The molecule has 0 aliphatic rings. The van der Waals surface area contributed by atoms with Crippen LogP contribution in [0.5, 0.6) is 0 Å². The fraction of sp³-hybridized carbons (Fsp3) is 0.0714. The molecule has 5 nitrogen and oxygen atoms in total. The molecule has 0 aliphatic heterocycles. The maximum Gasteiger partial charge on any atom is 0.270 e. The maximum atomic E-state index is 13.8. The highest BCUT2D eigenvalue weighted by Crippen LogP contribution is 2.27. The van der Waals surface area contributed by atoms with Crippen molar-refractivity contribution in [2.45, 2.75) is 6.04 Å². The van der Waals surface area contributed by atoms with Gasteiger partial charge in [-0.1, -0.05) is 84.4 Å². The Morgan fingerprint density at radius 3 is 2.06 bits per heavy atom. The first-order valence-electron chi connectivity index (χ1n) is 11.0. The predicted octanol–water partition coefficient (Wildman–Crippen LogP) is 6.05. The van der Waals surface area contributed by atoms with Gasteiger partial charge in [0.2, 0.25) is 0 Å². The molecule has 0 radical (unpaired) electrons. The highest BCUT2D eigenvalue weighted by atomic mass is 35.5. The normalized spacial score (nSPS) is 11.0. The third-order valence-electron chi connectivity index (χ3n) is 5.77. The van der Waals surface area contributed by atoms with Gasteiger partial charge in [0.15, 0.2) is 0 Å². The number of rotatable bonds is 6. The number of nitrogens with one attached hydrogen (secondary N) is 1. The average Bonchev–Trinajstić information content (AvgIpc) is 3.50. The summed E-state index contributed by atoms with van der Waals surface area (Å²) >= 11 is 6.50. The summed E-state index contributed by atoms with van der Waals surface area (Å²) in [6, 6.07) is 32.7. The number of carbonyl (C=O) groups excluding carboxylic acids is 1. The van der Waals surface area contributed by atoms with E-state index in [9.17, 15) is 4.79 Å². The summed E-state index contributed by atoms with van der Waals surface area (Å²) in [7, 11) is 1.95. The molecule has 6 heteroatoms. The molecule has 5 aromatic rings. The Bertz CT molecular complexity index is 1380. The van der Waals surface area contributed by atoms with Crippen LogP contribution in [0.3, 0.4) is 0 Å². The van der Waals surface area contributed by atoms with Crippen LogP contribution in [0.25, 0.3) is 17.1 Å². The lowest BCUT2D eigenvalue weighted by molar-refractivity contribution is 0.0935. The van der Waals surface area contributed by atoms with E-state index in [1.165, 1.54) is 0 Å². The fourth-order valence-electron chi connectivity index (χ4n) is 4.06. The molecule has 5 rings (SSSR count). The summed E-state index contributed by atoms with van der Waals surface area (Å²) in [5.74, 6) is -0.245. The van der Waals surface area contributed by atoms with E-state index >= 15 is 0 Å². The van der Waals surface area contributed by atoms with Crippen molar-refractivity contribution in [3.63, 3.8) is 0 Å². The minimum absolute atomic E-state index is 0.245. The maximum absolute atomic E-state index is 13.8. The van der Waals surface area contributed by atoms with E-state index in [4.69, 9.17) is 16.7 Å². The van der Waals surface area contributed by atoms with Crippen LogP contribution in [0.15, 0.2) is 109 Å². The van der Waals surface area contributed by atoms with Crippen LogP contribution < -0.4 is 5.32 Å². The Balaban J connectivity index is 1.59. The monoisotopic (exact) mass is 466 g/mol. The van der Waals surface area contributed by atoms with Gasteiger partial charge in [-0.25, -0.2) is 4.68 Å². The number of aromatic nitrogens is 3. The summed E-state index contributed by atoms with van der Waals surface area (Å²) in [6.45, 7) is 0. The first-order chi connectivity index (χ1) is 16.6. The van der Waals surface area contributed by atoms with Crippen LogP contribution in [0.1, 0.15) is 27.7 Å². The number of amides is 1. The third-order valence-corrected chi connectivity index (χ3v) is 6.09. The predicted molar refractivity (Wildman–Crippen MR) is 135 cm³/mol. The molecule has 0 saturated heterocycles. The summed E-state index contributed by atoms with van der Waals surface area (Å²) < 4.78 is 3.59. The number of carbonyl (C=O) groups is 1. The lowest BCUT2D eigenvalue weighted by Gasteiger charge is -2.20. The Labute approximate surface area is 203 Å². The van der Waals surface area contributed by atoms with Crippen molar-refractivity contribution in [3.05, 3.63) is 131 Å². The van der Waals surface area contributed by atoms with Crippen molar-refractivity contribution in [2.75, 3.05) is 0 Å². The molecule has 0 atom stereocenters. The van der Waals surface area contributed by atoms with Gasteiger partial charge in [0, 0.05) is 13.2 Å². The van der Waals surface area contributed by atoms with Crippen molar-refractivity contribution in [1.82, 2.24) is 19.7 Å². The van der Waals surface area contributed by atoms with Gasteiger partial charge in [0.25, 0.3) is 5.91 Å². The van der Waals surface area contributed by atoms with Crippen LogP contribution in [-0.2, 0) is 7.05 Å². The molecular weight excluding hydrogens is 444 g/mol. The molecule has 0 unspecified atom stereocenters. The lowest BCUT2D eigenvalue weighted by Crippen LogP contribution is -2.31. The van der Waals surface area contributed by atoms with Crippen molar-refractivity contribution in [2.24, 2.45) is 7.05 Å². The van der Waals surface area contributed by atoms with E-state index in [-0.39, 0.29) is 11.9 Å². The summed E-state index contributed by atoms with van der Waals surface area (Å²) in [6.07, 6.45) is 1.95. The highest BCUT2D eigenvalue weighted by molar-refractivity contribution is 6.32. The minimum Gasteiger partial charge on any atom is -0.349 e. The van der Waals surface area contributed by atoms with Gasteiger partial charge in [0.05, 0.1) is 22.4 Å². The van der Waals surface area contributed by atoms with Crippen LogP contribution in [0.4, 0.5) is 0 Å². The van der Waals surface area contributed by atoms with E-state index in [1.807, 2.05) is 109 Å². The van der Waals surface area contributed by atoms with Crippen molar-refractivity contribution >= 4 is 17.5 Å². The molecule has 1 amide bonds. The van der Waals surface area contributed by atoms with Gasteiger partial charge in [-0.3, -0.25) is 4.79 Å². The number of aryl methyl sites for hydroxylation is 1. The van der Waals surface area contributed by atoms with Gasteiger partial charge in [0.1, 0.15) is 11.4 Å². The number of benzene rings is 3. The summed E-state index contributed by atoms with van der Waals surface area (Å²) in [5.41, 5.74) is 4.63. The second kappa shape index (κ2) is 9.41. The molecular formula is C28H23ClN4O. The van der Waals surface area contributed by atoms with Crippen LogP contribution in [-0.4, -0.2) is 20.3 Å². The topological polar surface area (TPSA) is 51.9 Å². The smallest absolute Gasteiger partial charge is 0.270 e. The largest absolute Gasteiger partial charge is 0.349 e. The van der Waals surface area contributed by atoms with Gasteiger partial charge >= 0.3 is 0 Å². The first kappa shape index (κ1) is 21.7. The number of halogens is 1. The molecule has 34 heavy (non-hydrogen) atoms. The molecule has 168 valence electrons. The summed E-state index contributed by atoms with van der Waals surface area (Å²) in [5, 5.41) is 8.50. The lowest BCUT2D eigenvalue weighted by atomic mass is 9.98. The summed E-state index contributed by atoms with van der Waals surface area (Å²) in [4.78, 5) is 13.8. The standard InChI is InChI=1S/C28H23ClN4O/c1-32-18-10-17-25(32)23-19-26(33(31-23)24-16-9-8-15-22(24)29)28(34)30-27(20-11-4-2-5-12-20)21-13-6-3-7-14-21/h2-19,27H,1H3,(H,30,34). The Kier molecular flexibility index (Phi) is 6.02. The van der Waals surface area contributed by atoms with Gasteiger partial charge in [-0.05, 0) is 41.5 Å². The Morgan fingerprint density at radius 2 is 1.47 bits per heavy atom. The van der Waals surface area contributed by atoms with Crippen LogP contribution in [0.2, 0.25) is 5.02 Å². The van der Waals surface area contributed by atoms with Gasteiger partial charge in [-0.15, -0.1) is 0 Å². The molecule has 0 bridgehead atoms. The average molecular weight is 467 g/mol. The zero-order valence-corrected chi connectivity index (χ0v) is 19.4. The highest BCUT2D eigenvalue weighted by Gasteiger charge is 2.23. The number of hydrogen-bond acceptors (Lipinski definition) is 2. The van der Waals surface area contributed by atoms with Gasteiger partial charge < -0.3 is 9.88 Å². The zero-order valence-electron chi connectivity index (χ0n) is 18.6. The van der Waals surface area contributed by atoms with Gasteiger partial charge in [-0.2, -0.15) is 5.10 Å². The third kappa shape index (κ3) is 4.26. The Morgan fingerprint density at radius 1 is 0.853 bits per heavy atom. The van der Waals surface area contributed by atoms with E-state index in [1.54, 1.807) is 16.8 Å². The number of para-hydroxylation sites is 1. The molecule has 2 aromatic heterocycles. The molecule has 0 aliphatic carbocycles. The minimum atomic E-state index is -0.317. The second-order valence-corrected chi connectivity index (χ2v) is 8.42. The number of hydrogen-bond donors (Lipinski definition) is 1. The quantitative estimate of drug-likeness (QED) is 0.331. The van der Waals surface area contributed by atoms with E-state index in [0.717, 1.165) is 16.8 Å². The molecule has 1 N–H and O–H groups in total. The van der Waals surface area contributed by atoms with E-state index < -0.39 is 0 Å². The molecule has 0 saturated carbocycles. The molecule has 0 fully saturated rings. The SMILES string of the molecule is Cn1cccc1-c1cc(C(=O)NC(c2ccccc2)c2ccccc2)n(-c2ccccc2Cl)n1. The second-order valence-electron chi connectivity index (χ2n) is 8.01. The molecule has 3 aromatic carbocycles. The van der Waals surface area contributed by atoms with E-state index in [2.05, 4.69) is 5.32 Å². The van der Waals surface area contributed by atoms with Crippen molar-refractivity contribution in [3.8, 4) is 17.1 Å². The van der Waals surface area contributed by atoms with Crippen LogP contribution in [0, 0.1) is 0 Å². The van der Waals surface area contributed by atoms with Crippen molar-refractivity contribution < 1.29 is 4.79 Å². The fourth-order valence-corrected chi connectivity index (χ4v) is 4.27. The van der Waals surface area contributed by atoms with E-state index in [0.29, 0.717) is 22.1 Å². The zero-order chi connectivity index (χ0) is 23.5. The molecule has 2 heterocycles. The van der Waals surface area contributed by atoms with Crippen molar-refractivity contribution in [1.29, 1.82) is 0 Å². The number of nitrogens with zero attached hydrogens (tertiary/aromatic N) is 3. The first-order valence-corrected chi connectivity index (χ1v) is 11.4.